The highest BCUT2D eigenvalue weighted by Gasteiger charge is 1.95. The predicted octanol–water partition coefficient (Wildman–Crippen LogP) is 2.31. The quantitative estimate of drug-likeness (QED) is 0.450. The van der Waals surface area contributed by atoms with E-state index >= 15 is 0 Å². The summed E-state index contributed by atoms with van der Waals surface area (Å²) in [5, 5.41) is 8.60. The molecule has 78 valence electrons. The SMILES string of the molecule is CC(=CC=Cc1ccc(N)cc1)C(=O)O. The van der Waals surface area contributed by atoms with Crippen LogP contribution in [0.1, 0.15) is 12.5 Å². The lowest BCUT2D eigenvalue weighted by atomic mass is 10.2. The first-order valence-electron chi connectivity index (χ1n) is 4.53. The van der Waals surface area contributed by atoms with Crippen LogP contribution in [0.15, 0.2) is 42.0 Å². The average molecular weight is 203 g/mol. The molecular weight excluding hydrogens is 190 g/mol. The Morgan fingerprint density at radius 3 is 2.47 bits per heavy atom. The first-order chi connectivity index (χ1) is 7.09. The number of nitrogen functional groups attached to an aromatic ring is 1. The third-order valence-corrected chi connectivity index (χ3v) is 1.91. The summed E-state index contributed by atoms with van der Waals surface area (Å²) in [5.41, 5.74) is 7.53. The van der Waals surface area contributed by atoms with E-state index in [1.54, 1.807) is 31.2 Å². The lowest BCUT2D eigenvalue weighted by Crippen LogP contribution is -1.94. The van der Waals surface area contributed by atoms with Gasteiger partial charge in [0.15, 0.2) is 0 Å². The molecule has 0 aliphatic carbocycles. The zero-order valence-electron chi connectivity index (χ0n) is 8.47. The molecule has 1 aromatic carbocycles. The number of aliphatic carboxylic acids is 1. The fourth-order valence-electron chi connectivity index (χ4n) is 0.982. The van der Waals surface area contributed by atoms with Crippen molar-refractivity contribution in [1.82, 2.24) is 0 Å². The largest absolute Gasteiger partial charge is 0.478 e. The summed E-state index contributed by atoms with van der Waals surface area (Å²) in [6, 6.07) is 7.34. The lowest BCUT2D eigenvalue weighted by Gasteiger charge is -1.93. The molecule has 0 amide bonds. The monoisotopic (exact) mass is 203 g/mol. The molecule has 0 fully saturated rings. The standard InChI is InChI=1S/C12H13NO2/c1-9(12(14)15)3-2-4-10-5-7-11(13)8-6-10/h2-8H,13H2,1H3,(H,14,15). The molecule has 1 rings (SSSR count). The second kappa shape index (κ2) is 5.00. The third-order valence-electron chi connectivity index (χ3n) is 1.91. The van der Waals surface area contributed by atoms with Gasteiger partial charge in [0.25, 0.3) is 0 Å². The molecule has 0 aliphatic rings. The summed E-state index contributed by atoms with van der Waals surface area (Å²) >= 11 is 0. The van der Waals surface area contributed by atoms with E-state index in [9.17, 15) is 4.79 Å². The fraction of sp³-hybridized carbons (Fsp3) is 0.0833. The fourth-order valence-corrected chi connectivity index (χ4v) is 0.982. The number of hydrogen-bond acceptors (Lipinski definition) is 2. The molecule has 0 radical (unpaired) electrons. The van der Waals surface area contributed by atoms with Crippen molar-refractivity contribution >= 4 is 17.7 Å². The minimum atomic E-state index is -0.906. The van der Waals surface area contributed by atoms with Gasteiger partial charge in [0.05, 0.1) is 0 Å². The van der Waals surface area contributed by atoms with Crippen molar-refractivity contribution in [3.63, 3.8) is 0 Å². The Labute approximate surface area is 88.5 Å². The average Bonchev–Trinajstić information content (AvgIpc) is 2.20. The molecule has 0 spiro atoms. The van der Waals surface area contributed by atoms with Crippen LogP contribution in [-0.4, -0.2) is 11.1 Å². The summed E-state index contributed by atoms with van der Waals surface area (Å²) < 4.78 is 0. The highest BCUT2D eigenvalue weighted by atomic mass is 16.4. The van der Waals surface area contributed by atoms with Gasteiger partial charge in [-0.05, 0) is 24.6 Å². The maximum atomic E-state index is 10.5. The first-order valence-corrected chi connectivity index (χ1v) is 4.53. The van der Waals surface area contributed by atoms with Gasteiger partial charge < -0.3 is 10.8 Å². The van der Waals surface area contributed by atoms with Crippen LogP contribution in [0, 0.1) is 0 Å². The van der Waals surface area contributed by atoms with Gasteiger partial charge in [0.1, 0.15) is 0 Å². The minimum Gasteiger partial charge on any atom is -0.478 e. The van der Waals surface area contributed by atoms with E-state index < -0.39 is 5.97 Å². The van der Waals surface area contributed by atoms with Crippen molar-refractivity contribution in [3.05, 3.63) is 47.6 Å². The maximum absolute atomic E-state index is 10.5. The van der Waals surface area contributed by atoms with E-state index in [0.29, 0.717) is 11.3 Å². The maximum Gasteiger partial charge on any atom is 0.331 e. The van der Waals surface area contributed by atoms with Gasteiger partial charge in [-0.15, -0.1) is 0 Å². The van der Waals surface area contributed by atoms with Crippen LogP contribution in [-0.2, 0) is 4.79 Å². The summed E-state index contributed by atoms with van der Waals surface area (Å²) in [7, 11) is 0. The van der Waals surface area contributed by atoms with Crippen LogP contribution < -0.4 is 5.73 Å². The molecule has 0 aromatic heterocycles. The summed E-state index contributed by atoms with van der Waals surface area (Å²) in [5.74, 6) is -0.906. The highest BCUT2D eigenvalue weighted by Crippen LogP contribution is 2.07. The van der Waals surface area contributed by atoms with Gasteiger partial charge in [0.2, 0.25) is 0 Å². The minimum absolute atomic E-state index is 0.307. The smallest absolute Gasteiger partial charge is 0.331 e. The molecule has 0 unspecified atom stereocenters. The van der Waals surface area contributed by atoms with Gasteiger partial charge in [-0.1, -0.05) is 30.4 Å². The van der Waals surface area contributed by atoms with Crippen molar-refractivity contribution in [1.29, 1.82) is 0 Å². The van der Waals surface area contributed by atoms with Crippen molar-refractivity contribution in [3.8, 4) is 0 Å². The van der Waals surface area contributed by atoms with Crippen molar-refractivity contribution in [2.24, 2.45) is 0 Å². The van der Waals surface area contributed by atoms with Crippen molar-refractivity contribution < 1.29 is 9.90 Å². The van der Waals surface area contributed by atoms with Gasteiger partial charge in [-0.3, -0.25) is 0 Å². The molecule has 0 saturated carbocycles. The molecule has 0 heterocycles. The van der Waals surface area contributed by atoms with Crippen LogP contribution in [0.3, 0.4) is 0 Å². The lowest BCUT2D eigenvalue weighted by molar-refractivity contribution is -0.132. The van der Waals surface area contributed by atoms with E-state index in [-0.39, 0.29) is 0 Å². The number of hydrogen-bond donors (Lipinski definition) is 2. The molecular formula is C12H13NO2. The van der Waals surface area contributed by atoms with Crippen LogP contribution >= 0.6 is 0 Å². The topological polar surface area (TPSA) is 63.3 Å². The van der Waals surface area contributed by atoms with Crippen LogP contribution in [0.5, 0.6) is 0 Å². The predicted molar refractivity (Wildman–Crippen MR) is 61.3 cm³/mol. The van der Waals surface area contributed by atoms with E-state index in [1.165, 1.54) is 0 Å². The molecule has 3 heteroatoms. The molecule has 3 nitrogen and oxygen atoms in total. The van der Waals surface area contributed by atoms with Crippen LogP contribution in [0.25, 0.3) is 6.08 Å². The van der Waals surface area contributed by atoms with Gasteiger partial charge >= 0.3 is 5.97 Å². The number of nitrogens with two attached hydrogens (primary N) is 1. The normalized spacial score (nSPS) is 11.9. The zero-order valence-corrected chi connectivity index (χ0v) is 8.47. The van der Waals surface area contributed by atoms with Crippen LogP contribution in [0.4, 0.5) is 5.69 Å². The second-order valence-corrected chi connectivity index (χ2v) is 3.18. The van der Waals surface area contributed by atoms with E-state index in [2.05, 4.69) is 0 Å². The second-order valence-electron chi connectivity index (χ2n) is 3.18. The molecule has 0 saturated heterocycles. The molecule has 0 bridgehead atoms. The molecule has 0 aliphatic heterocycles. The molecule has 1 aromatic rings. The number of carbonyl (C=O) groups is 1. The number of benzene rings is 1. The Hall–Kier alpha value is -2.03. The van der Waals surface area contributed by atoms with E-state index in [4.69, 9.17) is 10.8 Å². The third kappa shape index (κ3) is 3.68. The highest BCUT2D eigenvalue weighted by molar-refractivity contribution is 5.86. The van der Waals surface area contributed by atoms with Crippen LogP contribution in [0.2, 0.25) is 0 Å². The summed E-state index contributed by atoms with van der Waals surface area (Å²) in [6.07, 6.45) is 5.08. The number of allylic oxidation sites excluding steroid dienone is 2. The molecule has 15 heavy (non-hydrogen) atoms. The van der Waals surface area contributed by atoms with E-state index in [1.807, 2.05) is 18.2 Å². The summed E-state index contributed by atoms with van der Waals surface area (Å²) in [6.45, 7) is 1.55. The van der Waals surface area contributed by atoms with E-state index in [0.717, 1.165) is 5.56 Å². The number of anilines is 1. The molecule has 3 N–H and O–H groups in total. The Bertz CT molecular complexity index is 402. The number of carboxylic acids is 1. The zero-order chi connectivity index (χ0) is 11.3. The van der Waals surface area contributed by atoms with Gasteiger partial charge in [0, 0.05) is 11.3 Å². The Morgan fingerprint density at radius 2 is 1.93 bits per heavy atom. The number of rotatable bonds is 3. The first kappa shape index (κ1) is 11.0. The van der Waals surface area contributed by atoms with Crippen molar-refractivity contribution in [2.45, 2.75) is 6.92 Å². The Morgan fingerprint density at radius 1 is 1.33 bits per heavy atom. The van der Waals surface area contributed by atoms with Crippen molar-refractivity contribution in [2.75, 3.05) is 5.73 Å². The molecule has 0 atom stereocenters. The Balaban J connectivity index is 2.70. The summed E-state index contributed by atoms with van der Waals surface area (Å²) in [4.78, 5) is 10.5. The van der Waals surface area contributed by atoms with Gasteiger partial charge in [-0.2, -0.15) is 0 Å². The Kier molecular flexibility index (Phi) is 3.68. The number of carboxylic acid groups (broad SMARTS) is 1. The van der Waals surface area contributed by atoms with Gasteiger partial charge in [-0.25, -0.2) is 4.79 Å².